The van der Waals surface area contributed by atoms with Gasteiger partial charge in [-0.15, -0.1) is 0 Å². The maximum absolute atomic E-state index is 5.50. The van der Waals surface area contributed by atoms with Gasteiger partial charge in [0.15, 0.2) is 0 Å². The van der Waals surface area contributed by atoms with Crippen molar-refractivity contribution in [2.45, 2.75) is 31.6 Å². The monoisotopic (exact) mass is 226 g/mol. The van der Waals surface area contributed by atoms with Crippen LogP contribution in [0.2, 0.25) is 0 Å². The molecule has 0 bridgehead atoms. The molecule has 2 atom stereocenters. The van der Waals surface area contributed by atoms with Crippen LogP contribution < -0.4 is 11.3 Å². The van der Waals surface area contributed by atoms with E-state index in [0.717, 1.165) is 11.4 Å². The highest BCUT2D eigenvalue weighted by Crippen LogP contribution is 2.20. The number of hydrazine groups is 1. The molecule has 2 unspecified atom stereocenters. The Balaban J connectivity index is 2.50. The largest absolute Gasteiger partial charge is 0.271 e. The molecule has 0 fully saturated rings. The Morgan fingerprint density at radius 3 is 2.87 bits per heavy atom. The van der Waals surface area contributed by atoms with E-state index in [2.05, 4.69) is 29.2 Å². The van der Waals surface area contributed by atoms with E-state index in [0.29, 0.717) is 5.25 Å². The predicted octanol–water partition coefficient (Wildman–Crippen LogP) is 1.51. The number of nitrogens with zero attached hydrogens (tertiary/aromatic N) is 2. The number of hydrogen-bond acceptors (Lipinski definition) is 5. The third-order valence-electron chi connectivity index (χ3n) is 2.26. The van der Waals surface area contributed by atoms with E-state index < -0.39 is 0 Å². The molecule has 0 amide bonds. The standard InChI is InChI=1S/C10H18N4S/c1-3-8(2)15-7-10(14-11)9-6-12-4-5-13-9/h4-6,8,10,14H,3,7,11H2,1-2H3. The van der Waals surface area contributed by atoms with Gasteiger partial charge in [0.25, 0.3) is 0 Å². The summed E-state index contributed by atoms with van der Waals surface area (Å²) in [5.41, 5.74) is 3.67. The van der Waals surface area contributed by atoms with Gasteiger partial charge in [0.1, 0.15) is 0 Å². The maximum Gasteiger partial charge on any atom is 0.0777 e. The molecule has 3 N–H and O–H groups in total. The van der Waals surface area contributed by atoms with Gasteiger partial charge in [-0.25, -0.2) is 0 Å². The predicted molar refractivity (Wildman–Crippen MR) is 64.3 cm³/mol. The Morgan fingerprint density at radius 2 is 2.33 bits per heavy atom. The SMILES string of the molecule is CCC(C)SCC(NN)c1cnccn1. The minimum Gasteiger partial charge on any atom is -0.271 e. The third-order valence-corrected chi connectivity index (χ3v) is 3.69. The highest BCUT2D eigenvalue weighted by Gasteiger charge is 2.12. The van der Waals surface area contributed by atoms with E-state index in [9.17, 15) is 0 Å². The Morgan fingerprint density at radius 1 is 1.53 bits per heavy atom. The van der Waals surface area contributed by atoms with Crippen LogP contribution in [-0.2, 0) is 0 Å². The second kappa shape index (κ2) is 6.76. The van der Waals surface area contributed by atoms with Gasteiger partial charge in [0, 0.05) is 23.4 Å². The van der Waals surface area contributed by atoms with Crippen LogP contribution in [0.25, 0.3) is 0 Å². The molecule has 4 nitrogen and oxygen atoms in total. The van der Waals surface area contributed by atoms with Crippen LogP contribution in [0.15, 0.2) is 18.6 Å². The topological polar surface area (TPSA) is 63.8 Å². The van der Waals surface area contributed by atoms with Crippen LogP contribution in [0.1, 0.15) is 32.0 Å². The fourth-order valence-electron chi connectivity index (χ4n) is 1.09. The van der Waals surface area contributed by atoms with E-state index in [-0.39, 0.29) is 6.04 Å². The number of nitrogens with two attached hydrogens (primary N) is 1. The zero-order valence-electron chi connectivity index (χ0n) is 9.18. The van der Waals surface area contributed by atoms with Gasteiger partial charge >= 0.3 is 0 Å². The number of thioether (sulfide) groups is 1. The average molecular weight is 226 g/mol. The van der Waals surface area contributed by atoms with Crippen LogP contribution >= 0.6 is 11.8 Å². The normalized spacial score (nSPS) is 14.9. The first-order valence-electron chi connectivity index (χ1n) is 5.11. The third kappa shape index (κ3) is 4.15. The molecule has 5 heteroatoms. The van der Waals surface area contributed by atoms with Crippen LogP contribution in [0.3, 0.4) is 0 Å². The lowest BCUT2D eigenvalue weighted by molar-refractivity contribution is 0.591. The van der Waals surface area contributed by atoms with Crippen LogP contribution in [0, 0.1) is 0 Å². The Bertz CT molecular complexity index is 267. The molecule has 0 aliphatic heterocycles. The molecular weight excluding hydrogens is 208 g/mol. The van der Waals surface area contributed by atoms with Crippen LogP contribution in [-0.4, -0.2) is 21.0 Å². The smallest absolute Gasteiger partial charge is 0.0777 e. The van der Waals surface area contributed by atoms with Crippen molar-refractivity contribution < 1.29 is 0 Å². The van der Waals surface area contributed by atoms with Crippen LogP contribution in [0.4, 0.5) is 0 Å². The van der Waals surface area contributed by atoms with Crippen molar-refractivity contribution in [3.05, 3.63) is 24.3 Å². The molecule has 0 aromatic carbocycles. The first-order valence-corrected chi connectivity index (χ1v) is 6.16. The van der Waals surface area contributed by atoms with Crippen molar-refractivity contribution in [3.63, 3.8) is 0 Å². The van der Waals surface area contributed by atoms with Crippen molar-refractivity contribution in [3.8, 4) is 0 Å². The van der Waals surface area contributed by atoms with Crippen molar-refractivity contribution in [2.75, 3.05) is 5.75 Å². The zero-order chi connectivity index (χ0) is 11.1. The number of rotatable bonds is 6. The molecular formula is C10H18N4S. The summed E-state index contributed by atoms with van der Waals surface area (Å²) >= 11 is 1.89. The quantitative estimate of drug-likeness (QED) is 0.568. The highest BCUT2D eigenvalue weighted by molar-refractivity contribution is 7.99. The molecule has 0 aliphatic carbocycles. The lowest BCUT2D eigenvalue weighted by Crippen LogP contribution is -2.30. The lowest BCUT2D eigenvalue weighted by atomic mass is 10.2. The molecule has 15 heavy (non-hydrogen) atoms. The van der Waals surface area contributed by atoms with Gasteiger partial charge in [0.05, 0.1) is 17.9 Å². The molecule has 0 radical (unpaired) electrons. The number of hydrogen-bond donors (Lipinski definition) is 2. The molecule has 0 saturated heterocycles. The summed E-state index contributed by atoms with van der Waals surface area (Å²) in [5, 5.41) is 0.650. The second-order valence-corrected chi connectivity index (χ2v) is 4.87. The Kier molecular flexibility index (Phi) is 5.60. The first-order chi connectivity index (χ1) is 7.27. The van der Waals surface area contributed by atoms with E-state index in [1.165, 1.54) is 6.42 Å². The van der Waals surface area contributed by atoms with Crippen molar-refractivity contribution >= 4 is 11.8 Å². The molecule has 1 heterocycles. The fraction of sp³-hybridized carbons (Fsp3) is 0.600. The van der Waals surface area contributed by atoms with E-state index in [1.54, 1.807) is 18.6 Å². The molecule has 84 valence electrons. The van der Waals surface area contributed by atoms with Crippen molar-refractivity contribution in [2.24, 2.45) is 5.84 Å². The molecule has 0 aliphatic rings. The summed E-state index contributed by atoms with van der Waals surface area (Å²) in [6.07, 6.45) is 6.27. The zero-order valence-corrected chi connectivity index (χ0v) is 10.00. The van der Waals surface area contributed by atoms with Crippen molar-refractivity contribution in [1.82, 2.24) is 15.4 Å². The van der Waals surface area contributed by atoms with Gasteiger partial charge in [-0.1, -0.05) is 13.8 Å². The van der Waals surface area contributed by atoms with Gasteiger partial charge < -0.3 is 0 Å². The highest BCUT2D eigenvalue weighted by atomic mass is 32.2. The lowest BCUT2D eigenvalue weighted by Gasteiger charge is -2.16. The summed E-state index contributed by atoms with van der Waals surface area (Å²) in [6, 6.07) is 0.0812. The van der Waals surface area contributed by atoms with E-state index >= 15 is 0 Å². The summed E-state index contributed by atoms with van der Waals surface area (Å²) in [7, 11) is 0. The number of aromatic nitrogens is 2. The minimum absolute atomic E-state index is 0.0812. The van der Waals surface area contributed by atoms with Crippen LogP contribution in [0.5, 0.6) is 0 Å². The maximum atomic E-state index is 5.50. The molecule has 0 saturated carbocycles. The molecule has 1 aromatic heterocycles. The van der Waals surface area contributed by atoms with E-state index in [1.807, 2.05) is 11.8 Å². The Labute approximate surface area is 95.0 Å². The van der Waals surface area contributed by atoms with Gasteiger partial charge in [-0.05, 0) is 6.42 Å². The number of nitrogens with one attached hydrogen (secondary N) is 1. The summed E-state index contributed by atoms with van der Waals surface area (Å²) in [4.78, 5) is 8.27. The summed E-state index contributed by atoms with van der Waals surface area (Å²) < 4.78 is 0. The Hall–Kier alpha value is -0.650. The fourth-order valence-corrected chi connectivity index (χ4v) is 2.11. The van der Waals surface area contributed by atoms with Gasteiger partial charge in [-0.3, -0.25) is 21.2 Å². The average Bonchev–Trinajstić information content (AvgIpc) is 2.31. The summed E-state index contributed by atoms with van der Waals surface area (Å²) in [6.45, 7) is 4.40. The molecule has 0 spiro atoms. The van der Waals surface area contributed by atoms with Gasteiger partial charge in [0.2, 0.25) is 0 Å². The van der Waals surface area contributed by atoms with E-state index in [4.69, 9.17) is 5.84 Å². The van der Waals surface area contributed by atoms with Crippen molar-refractivity contribution in [1.29, 1.82) is 0 Å². The first kappa shape index (κ1) is 12.4. The second-order valence-electron chi connectivity index (χ2n) is 3.40. The minimum atomic E-state index is 0.0812. The van der Waals surface area contributed by atoms with Gasteiger partial charge in [-0.2, -0.15) is 11.8 Å². The molecule has 1 aromatic rings. The molecule has 1 rings (SSSR count). The summed E-state index contributed by atoms with van der Waals surface area (Å²) in [5.74, 6) is 6.42.